The fraction of sp³-hybridized carbons (Fsp3) is 0.636. The average molecular weight is 621 g/mol. The van der Waals surface area contributed by atoms with Crippen LogP contribution in [0.25, 0.3) is 0 Å². The number of aromatic nitrogens is 2. The van der Waals surface area contributed by atoms with Gasteiger partial charge in [0.25, 0.3) is 5.91 Å². The number of hydrogen-bond acceptors (Lipinski definition) is 10. The van der Waals surface area contributed by atoms with Crippen molar-refractivity contribution >= 4 is 35.0 Å². The van der Waals surface area contributed by atoms with Crippen molar-refractivity contribution in [2.24, 2.45) is 0 Å². The molecule has 2 atom stereocenters. The number of fused-ring (bicyclic) bond motifs is 2. The first kappa shape index (κ1) is 31.5. The number of nitrogens with one attached hydrogen (secondary N) is 2. The van der Waals surface area contributed by atoms with Crippen molar-refractivity contribution in [3.8, 4) is 5.75 Å². The molecule has 2 unspecified atom stereocenters. The molecule has 1 aromatic heterocycles. The van der Waals surface area contributed by atoms with Crippen LogP contribution in [-0.4, -0.2) is 114 Å². The van der Waals surface area contributed by atoms with E-state index in [1.54, 1.807) is 24.2 Å². The summed E-state index contributed by atoms with van der Waals surface area (Å²) in [5.41, 5.74) is 2.26. The van der Waals surface area contributed by atoms with Gasteiger partial charge in [-0.15, -0.1) is 0 Å². The number of ether oxygens (including phenoxy) is 1. The number of β-amino-alcohol motifs (C(OH)–C–C–N with tert-alkyl or cyclic N) is 1. The van der Waals surface area contributed by atoms with Gasteiger partial charge in [0.1, 0.15) is 23.1 Å². The van der Waals surface area contributed by atoms with Crippen LogP contribution in [0.5, 0.6) is 5.75 Å². The lowest BCUT2D eigenvalue weighted by molar-refractivity contribution is -0.120. The molecule has 1 aromatic carbocycles. The van der Waals surface area contributed by atoms with E-state index in [9.17, 15) is 14.7 Å². The number of aliphatic hydroxyl groups is 1. The van der Waals surface area contributed by atoms with Gasteiger partial charge in [0.2, 0.25) is 11.9 Å². The van der Waals surface area contributed by atoms with Crippen molar-refractivity contribution in [3.05, 3.63) is 29.5 Å². The molecule has 1 saturated carbocycles. The van der Waals surface area contributed by atoms with Crippen LogP contribution in [0.4, 0.5) is 23.1 Å². The largest absolute Gasteiger partial charge is 0.485 e. The van der Waals surface area contributed by atoms with Gasteiger partial charge in [-0.2, -0.15) is 4.98 Å². The molecule has 2 fully saturated rings. The molecule has 3 aliphatic heterocycles. The lowest BCUT2D eigenvalue weighted by Gasteiger charge is -2.43. The normalized spacial score (nSPS) is 22.6. The van der Waals surface area contributed by atoms with Crippen LogP contribution in [0.15, 0.2) is 18.3 Å². The summed E-state index contributed by atoms with van der Waals surface area (Å²) in [4.78, 5) is 44.6. The van der Waals surface area contributed by atoms with Crippen LogP contribution in [-0.2, 0) is 11.2 Å². The van der Waals surface area contributed by atoms with E-state index in [2.05, 4.69) is 44.3 Å². The minimum atomic E-state index is -0.648. The molecule has 2 amide bonds. The number of nitrogens with zero attached hydrogens (tertiary/aromatic N) is 6. The fourth-order valence-electron chi connectivity index (χ4n) is 7.23. The number of amides is 2. The maximum atomic E-state index is 13.4. The molecule has 4 heterocycles. The molecular weight excluding hydrogens is 572 g/mol. The highest BCUT2D eigenvalue weighted by molar-refractivity contribution is 6.04. The van der Waals surface area contributed by atoms with Gasteiger partial charge >= 0.3 is 0 Å². The van der Waals surface area contributed by atoms with Gasteiger partial charge < -0.3 is 35.2 Å². The van der Waals surface area contributed by atoms with E-state index in [1.807, 2.05) is 19.9 Å². The third-order valence-corrected chi connectivity index (χ3v) is 9.71. The van der Waals surface area contributed by atoms with Gasteiger partial charge in [-0.3, -0.25) is 14.5 Å². The van der Waals surface area contributed by atoms with Crippen LogP contribution in [0, 0.1) is 0 Å². The molecule has 45 heavy (non-hydrogen) atoms. The summed E-state index contributed by atoms with van der Waals surface area (Å²) in [6, 6.07) is 3.66. The predicted molar refractivity (Wildman–Crippen MR) is 175 cm³/mol. The van der Waals surface area contributed by atoms with Crippen molar-refractivity contribution in [2.75, 3.05) is 68.5 Å². The highest BCUT2D eigenvalue weighted by atomic mass is 16.5. The summed E-state index contributed by atoms with van der Waals surface area (Å²) < 4.78 is 6.38. The molecule has 12 heteroatoms. The van der Waals surface area contributed by atoms with Gasteiger partial charge in [0.15, 0.2) is 5.82 Å². The van der Waals surface area contributed by atoms with Crippen molar-refractivity contribution in [2.45, 2.75) is 83.1 Å². The Hall–Kier alpha value is -3.48. The topological polar surface area (TPSA) is 126 Å². The summed E-state index contributed by atoms with van der Waals surface area (Å²) in [6.45, 7) is 10.6. The SMILES string of the molecule is CCC1C(=O)N(C)c2cnc(Nc3ccc(C(=O)NCC(O)CN4CCN(C)CC4)c4c3OC(C)(C)C4)nc2N1C1CCCC1. The van der Waals surface area contributed by atoms with Gasteiger partial charge in [0, 0.05) is 69.9 Å². The highest BCUT2D eigenvalue weighted by Crippen LogP contribution is 2.44. The molecule has 244 valence electrons. The summed E-state index contributed by atoms with van der Waals surface area (Å²) in [7, 11) is 3.90. The molecule has 1 saturated heterocycles. The molecular formula is C33H48N8O4. The Morgan fingerprint density at radius 2 is 1.89 bits per heavy atom. The Labute approximate surface area is 266 Å². The first-order valence-electron chi connectivity index (χ1n) is 16.5. The van der Waals surface area contributed by atoms with Crippen molar-refractivity contribution in [1.29, 1.82) is 0 Å². The van der Waals surface area contributed by atoms with Crippen molar-refractivity contribution in [1.82, 2.24) is 25.1 Å². The van der Waals surface area contributed by atoms with Crippen molar-refractivity contribution in [3.63, 3.8) is 0 Å². The molecule has 0 radical (unpaired) electrons. The minimum Gasteiger partial charge on any atom is -0.485 e. The standard InChI is InChI=1S/C33H48N8O4/c1-6-26-31(44)39(5)27-19-35-32(37-29(27)41(26)21-9-7-8-10-21)36-25-12-11-23(24-17-33(2,3)45-28(24)25)30(43)34-18-22(42)20-40-15-13-38(4)14-16-40/h11-12,19,21-22,26,42H,6-10,13-18,20H2,1-5H3,(H,34,43)(H,35,36,37). The second kappa shape index (κ2) is 12.7. The summed E-state index contributed by atoms with van der Waals surface area (Å²) in [5.74, 6) is 1.65. The number of likely N-dealkylation sites (N-methyl/N-ethyl adjacent to an activating group) is 2. The van der Waals surface area contributed by atoms with E-state index < -0.39 is 11.7 Å². The van der Waals surface area contributed by atoms with Crippen LogP contribution in [0.1, 0.15) is 68.8 Å². The molecule has 2 aromatic rings. The third kappa shape index (κ3) is 6.45. The molecule has 12 nitrogen and oxygen atoms in total. The van der Waals surface area contributed by atoms with E-state index >= 15 is 0 Å². The van der Waals surface area contributed by atoms with Crippen molar-refractivity contribution < 1.29 is 19.4 Å². The second-order valence-electron chi connectivity index (χ2n) is 13.7. The fourth-order valence-corrected chi connectivity index (χ4v) is 7.23. The van der Waals surface area contributed by atoms with E-state index in [-0.39, 0.29) is 30.4 Å². The zero-order valence-electron chi connectivity index (χ0n) is 27.3. The van der Waals surface area contributed by atoms with E-state index in [0.29, 0.717) is 48.0 Å². The third-order valence-electron chi connectivity index (χ3n) is 9.71. The van der Waals surface area contributed by atoms with Gasteiger partial charge in [-0.1, -0.05) is 19.8 Å². The Balaban J connectivity index is 1.21. The highest BCUT2D eigenvalue weighted by Gasteiger charge is 2.41. The lowest BCUT2D eigenvalue weighted by atomic mass is 9.96. The predicted octanol–water partition coefficient (Wildman–Crippen LogP) is 2.78. The van der Waals surface area contributed by atoms with E-state index in [4.69, 9.17) is 9.72 Å². The number of hydrogen-bond donors (Lipinski definition) is 3. The lowest BCUT2D eigenvalue weighted by Crippen LogP contribution is -2.55. The first-order valence-corrected chi connectivity index (χ1v) is 16.5. The van der Waals surface area contributed by atoms with Gasteiger partial charge in [0.05, 0.1) is 18.0 Å². The quantitative estimate of drug-likeness (QED) is 0.385. The average Bonchev–Trinajstić information content (AvgIpc) is 3.66. The number of carbonyl (C=O) groups is 2. The molecule has 0 bridgehead atoms. The molecule has 3 N–H and O–H groups in total. The molecule has 4 aliphatic rings. The van der Waals surface area contributed by atoms with Crippen LogP contribution < -0.4 is 25.2 Å². The molecule has 0 spiro atoms. The summed E-state index contributed by atoms with van der Waals surface area (Å²) in [6.07, 6.45) is 6.75. The monoisotopic (exact) mass is 620 g/mol. The van der Waals surface area contributed by atoms with E-state index in [1.165, 1.54) is 0 Å². The summed E-state index contributed by atoms with van der Waals surface area (Å²) in [5, 5.41) is 17.0. The van der Waals surface area contributed by atoms with Crippen LogP contribution in [0.3, 0.4) is 0 Å². The minimum absolute atomic E-state index is 0.0790. The van der Waals surface area contributed by atoms with Crippen LogP contribution in [0.2, 0.25) is 0 Å². The molecule has 6 rings (SSSR count). The summed E-state index contributed by atoms with van der Waals surface area (Å²) >= 11 is 0. The number of benzene rings is 1. The Bertz CT molecular complexity index is 1420. The van der Waals surface area contributed by atoms with Gasteiger partial charge in [-0.05, 0) is 52.3 Å². The smallest absolute Gasteiger partial charge is 0.251 e. The second-order valence-corrected chi connectivity index (χ2v) is 13.7. The Kier molecular flexibility index (Phi) is 8.91. The maximum absolute atomic E-state index is 13.4. The number of anilines is 4. The maximum Gasteiger partial charge on any atom is 0.251 e. The zero-order valence-corrected chi connectivity index (χ0v) is 27.3. The Morgan fingerprint density at radius 1 is 1.16 bits per heavy atom. The Morgan fingerprint density at radius 3 is 2.60 bits per heavy atom. The number of piperazine rings is 1. The molecule has 1 aliphatic carbocycles. The van der Waals surface area contributed by atoms with Gasteiger partial charge in [-0.25, -0.2) is 4.98 Å². The number of rotatable bonds is 9. The van der Waals surface area contributed by atoms with Crippen LogP contribution >= 0.6 is 0 Å². The van der Waals surface area contributed by atoms with E-state index in [0.717, 1.165) is 63.2 Å². The number of carbonyl (C=O) groups excluding carboxylic acids is 2. The first-order chi connectivity index (χ1) is 21.5. The zero-order chi connectivity index (χ0) is 31.9. The number of aliphatic hydroxyl groups excluding tert-OH is 1.